The maximum Gasteiger partial charge on any atom is 0.127 e. The van der Waals surface area contributed by atoms with Gasteiger partial charge in [-0.3, -0.25) is 0 Å². The summed E-state index contributed by atoms with van der Waals surface area (Å²) in [5.41, 5.74) is 0.877. The Morgan fingerprint density at radius 2 is 2.17 bits per heavy atom. The van der Waals surface area contributed by atoms with Crippen molar-refractivity contribution in [2.45, 2.75) is 43.8 Å². The van der Waals surface area contributed by atoms with Crippen molar-refractivity contribution < 1.29 is 9.84 Å². The second-order valence-corrected chi connectivity index (χ2v) is 7.06. The Hall–Kier alpha value is -0.540. The SMILES string of the molecule is O[C@H]1CC2(CC3CCC2C3)Oc2cc(Br)ccc21. The molecule has 1 aromatic rings. The van der Waals surface area contributed by atoms with Gasteiger partial charge >= 0.3 is 0 Å². The molecule has 4 atom stereocenters. The van der Waals surface area contributed by atoms with Crippen LogP contribution in [0.1, 0.15) is 43.8 Å². The van der Waals surface area contributed by atoms with Gasteiger partial charge in [0.05, 0.1) is 6.10 Å². The first-order valence-corrected chi connectivity index (χ1v) is 7.62. The lowest BCUT2D eigenvalue weighted by molar-refractivity contribution is -0.0509. The van der Waals surface area contributed by atoms with Crippen LogP contribution in [0.2, 0.25) is 0 Å². The highest BCUT2D eigenvalue weighted by molar-refractivity contribution is 9.10. The second-order valence-electron chi connectivity index (χ2n) is 6.15. The molecule has 1 heterocycles. The molecule has 4 rings (SSSR count). The van der Waals surface area contributed by atoms with E-state index in [0.29, 0.717) is 5.92 Å². The van der Waals surface area contributed by atoms with Crippen LogP contribution >= 0.6 is 15.9 Å². The molecule has 1 spiro atoms. The van der Waals surface area contributed by atoms with E-state index in [1.807, 2.05) is 18.2 Å². The Morgan fingerprint density at radius 3 is 2.89 bits per heavy atom. The zero-order valence-electron chi connectivity index (χ0n) is 10.2. The molecule has 0 aromatic heterocycles. The monoisotopic (exact) mass is 308 g/mol. The highest BCUT2D eigenvalue weighted by Gasteiger charge is 2.55. The van der Waals surface area contributed by atoms with Gasteiger partial charge in [0.25, 0.3) is 0 Å². The van der Waals surface area contributed by atoms with E-state index in [9.17, 15) is 5.11 Å². The Bertz CT molecular complexity index is 501. The van der Waals surface area contributed by atoms with Gasteiger partial charge in [-0.05, 0) is 49.7 Å². The number of aliphatic hydroxyl groups is 1. The maximum absolute atomic E-state index is 10.4. The number of rotatable bonds is 0. The summed E-state index contributed by atoms with van der Waals surface area (Å²) >= 11 is 3.49. The van der Waals surface area contributed by atoms with Gasteiger partial charge in [-0.25, -0.2) is 0 Å². The summed E-state index contributed by atoms with van der Waals surface area (Å²) in [6, 6.07) is 5.96. The van der Waals surface area contributed by atoms with Crippen LogP contribution in [0.3, 0.4) is 0 Å². The lowest BCUT2D eigenvalue weighted by Gasteiger charge is -2.43. The molecule has 1 aromatic carbocycles. The van der Waals surface area contributed by atoms with Crippen LogP contribution in [0.15, 0.2) is 22.7 Å². The average molecular weight is 309 g/mol. The third-order valence-corrected chi connectivity index (χ3v) is 5.60. The van der Waals surface area contributed by atoms with E-state index >= 15 is 0 Å². The molecule has 3 heteroatoms. The van der Waals surface area contributed by atoms with Crippen LogP contribution in [-0.2, 0) is 0 Å². The fourth-order valence-electron chi connectivity index (χ4n) is 4.34. The molecule has 3 unspecified atom stereocenters. The van der Waals surface area contributed by atoms with E-state index in [1.165, 1.54) is 19.3 Å². The quantitative estimate of drug-likeness (QED) is 0.789. The molecule has 2 fully saturated rings. The molecule has 0 saturated heterocycles. The second kappa shape index (κ2) is 3.73. The molecule has 1 aliphatic heterocycles. The van der Waals surface area contributed by atoms with Gasteiger partial charge in [0.1, 0.15) is 11.4 Å². The van der Waals surface area contributed by atoms with Crippen molar-refractivity contribution in [1.82, 2.24) is 0 Å². The van der Waals surface area contributed by atoms with Crippen LogP contribution in [-0.4, -0.2) is 10.7 Å². The number of hydrogen-bond donors (Lipinski definition) is 1. The summed E-state index contributed by atoms with van der Waals surface area (Å²) in [7, 11) is 0. The van der Waals surface area contributed by atoms with Crippen molar-refractivity contribution >= 4 is 15.9 Å². The summed E-state index contributed by atoms with van der Waals surface area (Å²) in [4.78, 5) is 0. The predicted molar refractivity (Wildman–Crippen MR) is 72.5 cm³/mol. The Balaban J connectivity index is 1.75. The minimum atomic E-state index is -0.360. The molecule has 0 amide bonds. The lowest BCUT2D eigenvalue weighted by Crippen LogP contribution is -2.45. The zero-order chi connectivity index (χ0) is 12.3. The normalized spacial score (nSPS) is 40.9. The molecule has 3 aliphatic rings. The standard InChI is InChI=1S/C15H17BrO2/c16-11-3-4-12-13(17)8-15(18-14(12)6-11)7-9-1-2-10(15)5-9/h3-4,6,9-10,13,17H,1-2,5,7-8H2/t9?,10?,13-,15?/m0/s1. The summed E-state index contributed by atoms with van der Waals surface area (Å²) in [5.74, 6) is 2.37. The summed E-state index contributed by atoms with van der Waals surface area (Å²) in [5, 5.41) is 10.4. The van der Waals surface area contributed by atoms with Gasteiger partial charge in [-0.15, -0.1) is 0 Å². The number of fused-ring (bicyclic) bond motifs is 4. The zero-order valence-corrected chi connectivity index (χ0v) is 11.8. The molecule has 18 heavy (non-hydrogen) atoms. The predicted octanol–water partition coefficient (Wildman–Crippen LogP) is 3.82. The van der Waals surface area contributed by atoms with E-state index in [1.54, 1.807) is 0 Å². The number of aliphatic hydroxyl groups excluding tert-OH is 1. The number of benzene rings is 1. The number of hydrogen-bond acceptors (Lipinski definition) is 2. The largest absolute Gasteiger partial charge is 0.486 e. The third-order valence-electron chi connectivity index (χ3n) is 5.11. The molecule has 2 bridgehead atoms. The van der Waals surface area contributed by atoms with Crippen molar-refractivity contribution in [3.05, 3.63) is 28.2 Å². The highest BCUT2D eigenvalue weighted by Crippen LogP contribution is 2.58. The highest BCUT2D eigenvalue weighted by atomic mass is 79.9. The first kappa shape index (κ1) is 11.3. The van der Waals surface area contributed by atoms with Crippen LogP contribution in [0.25, 0.3) is 0 Å². The van der Waals surface area contributed by atoms with Gasteiger partial charge in [0.2, 0.25) is 0 Å². The summed E-state index contributed by atoms with van der Waals surface area (Å²) in [6.45, 7) is 0. The van der Waals surface area contributed by atoms with E-state index in [0.717, 1.165) is 34.5 Å². The molecule has 2 nitrogen and oxygen atoms in total. The van der Waals surface area contributed by atoms with Crippen molar-refractivity contribution in [3.8, 4) is 5.75 Å². The van der Waals surface area contributed by atoms with Gasteiger partial charge < -0.3 is 9.84 Å². The minimum absolute atomic E-state index is 0.0733. The first-order valence-electron chi connectivity index (χ1n) is 6.83. The number of ether oxygens (including phenoxy) is 1. The number of halogens is 1. The molecule has 96 valence electrons. The van der Waals surface area contributed by atoms with E-state index in [-0.39, 0.29) is 11.7 Å². The van der Waals surface area contributed by atoms with E-state index in [4.69, 9.17) is 4.74 Å². The Kier molecular flexibility index (Phi) is 2.34. The Morgan fingerprint density at radius 1 is 1.28 bits per heavy atom. The maximum atomic E-state index is 10.4. The topological polar surface area (TPSA) is 29.5 Å². The molecule has 0 radical (unpaired) electrons. The first-order chi connectivity index (χ1) is 8.66. The summed E-state index contributed by atoms with van der Waals surface area (Å²) in [6.07, 6.45) is 5.50. The van der Waals surface area contributed by atoms with Crippen molar-refractivity contribution in [1.29, 1.82) is 0 Å². The molecule has 2 aliphatic carbocycles. The van der Waals surface area contributed by atoms with E-state index in [2.05, 4.69) is 15.9 Å². The smallest absolute Gasteiger partial charge is 0.127 e. The van der Waals surface area contributed by atoms with Crippen molar-refractivity contribution in [3.63, 3.8) is 0 Å². The van der Waals surface area contributed by atoms with Crippen molar-refractivity contribution in [2.75, 3.05) is 0 Å². The van der Waals surface area contributed by atoms with Crippen LogP contribution in [0.4, 0.5) is 0 Å². The van der Waals surface area contributed by atoms with Gasteiger partial charge in [0.15, 0.2) is 0 Å². The van der Waals surface area contributed by atoms with Crippen LogP contribution in [0, 0.1) is 11.8 Å². The molecule has 1 N–H and O–H groups in total. The van der Waals surface area contributed by atoms with Crippen LogP contribution < -0.4 is 4.74 Å². The average Bonchev–Trinajstić information content (AvgIpc) is 2.88. The van der Waals surface area contributed by atoms with Gasteiger partial charge in [-0.1, -0.05) is 22.0 Å². The molecule has 2 saturated carbocycles. The van der Waals surface area contributed by atoms with E-state index < -0.39 is 0 Å². The summed E-state index contributed by atoms with van der Waals surface area (Å²) < 4.78 is 7.40. The molecular weight excluding hydrogens is 292 g/mol. The van der Waals surface area contributed by atoms with Gasteiger partial charge in [-0.2, -0.15) is 0 Å². The van der Waals surface area contributed by atoms with Crippen molar-refractivity contribution in [2.24, 2.45) is 11.8 Å². The lowest BCUT2D eigenvalue weighted by atomic mass is 9.77. The molecular formula is C15H17BrO2. The fourth-order valence-corrected chi connectivity index (χ4v) is 4.68. The minimum Gasteiger partial charge on any atom is -0.486 e. The van der Waals surface area contributed by atoms with Crippen LogP contribution in [0.5, 0.6) is 5.75 Å². The Labute approximate surface area is 115 Å². The fraction of sp³-hybridized carbons (Fsp3) is 0.600. The third kappa shape index (κ3) is 1.50. The van der Waals surface area contributed by atoms with Gasteiger partial charge in [0, 0.05) is 16.5 Å².